The first-order valence-electron chi connectivity index (χ1n) is 9.20. The lowest BCUT2D eigenvalue weighted by atomic mass is 9.89. The number of Topliss-reactive ketones (excluding diaryl/α,β-unsaturated/α-hetero) is 1. The summed E-state index contributed by atoms with van der Waals surface area (Å²) in [6, 6.07) is 6.87. The topological polar surface area (TPSA) is 121 Å². The smallest absolute Gasteiger partial charge is 0.339 e. The van der Waals surface area contributed by atoms with E-state index in [9.17, 15) is 27.7 Å². The number of aliphatic imine (C=N–C) groups is 1. The van der Waals surface area contributed by atoms with Crippen molar-refractivity contribution < 1.29 is 27.7 Å². The Morgan fingerprint density at radius 3 is 2.53 bits per heavy atom. The minimum Gasteiger partial charge on any atom is -0.478 e. The maximum absolute atomic E-state index is 12.5. The van der Waals surface area contributed by atoms with Crippen LogP contribution in [0.25, 0.3) is 6.08 Å². The van der Waals surface area contributed by atoms with Crippen LogP contribution in [0.1, 0.15) is 37.8 Å². The molecule has 1 aliphatic rings. The van der Waals surface area contributed by atoms with Crippen molar-refractivity contribution in [3.05, 3.63) is 75.7 Å². The van der Waals surface area contributed by atoms with Crippen LogP contribution >= 0.6 is 0 Å². The third-order valence-electron chi connectivity index (χ3n) is 4.55. The van der Waals surface area contributed by atoms with E-state index in [4.69, 9.17) is 0 Å². The van der Waals surface area contributed by atoms with Crippen molar-refractivity contribution in [2.24, 2.45) is 4.99 Å². The standard InChI is InChI=1S/C22H23NO6S/c1-4-14(2)12-19(30(27,28)29)15(3)8-7-11-23-20-17-10-6-5-9-16(17)13-18(21(20)24)22(25)26/h4-6,9-10,12-13H,3,7-8,11H2,1-2H3,(H,25,26)(H,27,28,29)/b14-4-,19-12+,23-20-. The Kier molecular flexibility index (Phi) is 7.42. The Bertz CT molecular complexity index is 1120. The molecule has 0 aliphatic heterocycles. The number of rotatable bonds is 8. The number of carbonyl (C=O) groups is 2. The molecule has 0 radical (unpaired) electrons. The van der Waals surface area contributed by atoms with E-state index in [1.165, 1.54) is 12.2 Å². The van der Waals surface area contributed by atoms with Crippen LogP contribution in [-0.2, 0) is 19.7 Å². The lowest BCUT2D eigenvalue weighted by molar-refractivity contribution is -0.133. The number of benzene rings is 1. The number of carbonyl (C=O) groups excluding carboxylic acids is 1. The molecule has 158 valence electrons. The normalized spacial score (nSPS) is 16.3. The highest BCUT2D eigenvalue weighted by atomic mass is 32.2. The summed E-state index contributed by atoms with van der Waals surface area (Å²) in [5.74, 6) is -1.99. The molecule has 8 heteroatoms. The van der Waals surface area contributed by atoms with Crippen LogP contribution in [0.5, 0.6) is 0 Å². The highest BCUT2D eigenvalue weighted by molar-refractivity contribution is 7.90. The molecular formula is C22H23NO6S. The molecule has 0 unspecified atom stereocenters. The lowest BCUT2D eigenvalue weighted by Gasteiger charge is -2.15. The van der Waals surface area contributed by atoms with Gasteiger partial charge in [0.15, 0.2) is 0 Å². The van der Waals surface area contributed by atoms with Gasteiger partial charge in [0, 0.05) is 12.1 Å². The first kappa shape index (κ1) is 23.2. The summed E-state index contributed by atoms with van der Waals surface area (Å²) in [6.45, 7) is 7.34. The fourth-order valence-corrected chi connectivity index (χ4v) is 3.68. The van der Waals surface area contributed by atoms with Crippen molar-refractivity contribution >= 4 is 33.7 Å². The van der Waals surface area contributed by atoms with Crippen molar-refractivity contribution in [1.82, 2.24) is 0 Å². The maximum atomic E-state index is 12.5. The van der Waals surface area contributed by atoms with Crippen LogP contribution < -0.4 is 0 Å². The van der Waals surface area contributed by atoms with Gasteiger partial charge in [-0.3, -0.25) is 14.3 Å². The van der Waals surface area contributed by atoms with Gasteiger partial charge in [-0.2, -0.15) is 8.42 Å². The molecule has 0 fully saturated rings. The molecule has 0 spiro atoms. The number of ketones is 1. The third kappa shape index (κ3) is 5.49. The van der Waals surface area contributed by atoms with Crippen molar-refractivity contribution in [3.8, 4) is 0 Å². The molecule has 0 saturated heterocycles. The first-order valence-corrected chi connectivity index (χ1v) is 10.6. The van der Waals surface area contributed by atoms with E-state index in [0.717, 1.165) is 0 Å². The highest BCUT2D eigenvalue weighted by Gasteiger charge is 2.29. The van der Waals surface area contributed by atoms with Crippen molar-refractivity contribution in [2.45, 2.75) is 26.7 Å². The molecular weight excluding hydrogens is 406 g/mol. The average molecular weight is 429 g/mol. The summed E-state index contributed by atoms with van der Waals surface area (Å²) in [7, 11) is -4.43. The molecule has 1 aromatic carbocycles. The van der Waals surface area contributed by atoms with Gasteiger partial charge in [-0.15, -0.1) is 0 Å². The van der Waals surface area contributed by atoms with Gasteiger partial charge in [0.25, 0.3) is 10.1 Å². The van der Waals surface area contributed by atoms with Gasteiger partial charge in [-0.25, -0.2) is 4.79 Å². The van der Waals surface area contributed by atoms with Gasteiger partial charge in [0.1, 0.15) is 11.3 Å². The predicted molar refractivity (Wildman–Crippen MR) is 116 cm³/mol. The van der Waals surface area contributed by atoms with E-state index in [0.29, 0.717) is 23.1 Å². The quantitative estimate of drug-likeness (QED) is 0.282. The van der Waals surface area contributed by atoms with Crippen LogP contribution in [-0.4, -0.2) is 42.1 Å². The number of carboxylic acids is 1. The Morgan fingerprint density at radius 1 is 1.27 bits per heavy atom. The second-order valence-electron chi connectivity index (χ2n) is 6.73. The fraction of sp³-hybridized carbons (Fsp3) is 0.227. The summed E-state index contributed by atoms with van der Waals surface area (Å²) < 4.78 is 32.8. The molecule has 1 aliphatic carbocycles. The number of hydrogen-bond acceptors (Lipinski definition) is 5. The van der Waals surface area contributed by atoms with Crippen LogP contribution in [0.2, 0.25) is 0 Å². The van der Waals surface area contributed by atoms with Crippen LogP contribution in [0, 0.1) is 0 Å². The Hall–Kier alpha value is -3.10. The zero-order valence-corrected chi connectivity index (χ0v) is 17.6. The van der Waals surface area contributed by atoms with Crippen LogP contribution in [0.4, 0.5) is 0 Å². The monoisotopic (exact) mass is 429 g/mol. The summed E-state index contributed by atoms with van der Waals surface area (Å²) in [5, 5.41) is 9.28. The predicted octanol–water partition coefficient (Wildman–Crippen LogP) is 3.60. The van der Waals surface area contributed by atoms with Gasteiger partial charge in [0.05, 0.1) is 4.91 Å². The second kappa shape index (κ2) is 9.60. The number of nitrogens with zero attached hydrogens (tertiary/aromatic N) is 1. The Morgan fingerprint density at radius 2 is 1.93 bits per heavy atom. The summed E-state index contributed by atoms with van der Waals surface area (Å²) >= 11 is 0. The highest BCUT2D eigenvalue weighted by Crippen LogP contribution is 2.24. The van der Waals surface area contributed by atoms with E-state index >= 15 is 0 Å². The number of aliphatic carboxylic acids is 1. The van der Waals surface area contributed by atoms with Crippen LogP contribution in [0.15, 0.2) is 69.6 Å². The van der Waals surface area contributed by atoms with Crippen molar-refractivity contribution in [2.75, 3.05) is 6.54 Å². The lowest BCUT2D eigenvalue weighted by Crippen LogP contribution is -2.26. The molecule has 0 heterocycles. The number of fused-ring (bicyclic) bond motifs is 1. The van der Waals surface area contributed by atoms with Gasteiger partial charge in [-0.1, -0.05) is 42.5 Å². The molecule has 2 rings (SSSR count). The molecule has 7 nitrogen and oxygen atoms in total. The van der Waals surface area contributed by atoms with Gasteiger partial charge in [-0.05, 0) is 50.0 Å². The third-order valence-corrected chi connectivity index (χ3v) is 5.52. The summed E-state index contributed by atoms with van der Waals surface area (Å²) in [6.07, 6.45) is 4.94. The average Bonchev–Trinajstić information content (AvgIpc) is 2.68. The van der Waals surface area contributed by atoms with E-state index in [-0.39, 0.29) is 34.7 Å². The zero-order chi connectivity index (χ0) is 22.5. The molecule has 0 bridgehead atoms. The number of carboxylic acid groups (broad SMARTS) is 1. The Labute approximate surface area is 175 Å². The Balaban J connectivity index is 2.19. The number of hydrogen-bond donors (Lipinski definition) is 2. The molecule has 0 aromatic heterocycles. The minimum atomic E-state index is -4.43. The van der Waals surface area contributed by atoms with E-state index in [1.54, 1.807) is 44.2 Å². The van der Waals surface area contributed by atoms with Gasteiger partial charge < -0.3 is 5.11 Å². The molecule has 0 saturated carbocycles. The largest absolute Gasteiger partial charge is 0.478 e. The maximum Gasteiger partial charge on any atom is 0.339 e. The SMILES string of the molecule is C=C(CCC/N=C1\C(=O)C(C(=O)O)=Cc2ccccc21)/C(=C\C(C)=C/C)S(=O)(=O)O. The summed E-state index contributed by atoms with van der Waals surface area (Å²) in [4.78, 5) is 27.9. The molecule has 0 atom stereocenters. The van der Waals surface area contributed by atoms with Gasteiger partial charge >= 0.3 is 5.97 Å². The molecule has 2 N–H and O–H groups in total. The minimum absolute atomic E-state index is 0.0615. The first-order chi connectivity index (χ1) is 14.1. The molecule has 1 aromatic rings. The van der Waals surface area contributed by atoms with E-state index in [2.05, 4.69) is 11.6 Å². The van der Waals surface area contributed by atoms with Crippen molar-refractivity contribution in [3.63, 3.8) is 0 Å². The number of allylic oxidation sites excluding steroid dienone is 4. The summed E-state index contributed by atoms with van der Waals surface area (Å²) in [5.41, 5.74) is 1.73. The molecule has 0 amide bonds. The fourth-order valence-electron chi connectivity index (χ4n) is 2.88. The van der Waals surface area contributed by atoms with Crippen LogP contribution in [0.3, 0.4) is 0 Å². The van der Waals surface area contributed by atoms with Crippen molar-refractivity contribution in [1.29, 1.82) is 0 Å². The zero-order valence-electron chi connectivity index (χ0n) is 16.8. The van der Waals surface area contributed by atoms with E-state index < -0.39 is 21.9 Å². The van der Waals surface area contributed by atoms with E-state index in [1.807, 2.05) is 0 Å². The molecule has 30 heavy (non-hydrogen) atoms. The van der Waals surface area contributed by atoms with Gasteiger partial charge in [0.2, 0.25) is 5.78 Å². The second-order valence-corrected chi connectivity index (χ2v) is 8.12.